The Labute approximate surface area is 188 Å². The number of rotatable bonds is 3. The summed E-state index contributed by atoms with van der Waals surface area (Å²) in [5, 5.41) is 18.7. The van der Waals surface area contributed by atoms with E-state index >= 15 is 0 Å². The smallest absolute Gasteiger partial charge is 0.177 e. The second-order valence-corrected chi connectivity index (χ2v) is 9.39. The van der Waals surface area contributed by atoms with E-state index in [1.807, 2.05) is 24.7 Å². The van der Waals surface area contributed by atoms with Crippen molar-refractivity contribution in [3.8, 4) is 22.5 Å². The Kier molecular flexibility index (Phi) is 4.51. The zero-order chi connectivity index (χ0) is 21.8. The average molecular weight is 446 g/mol. The van der Waals surface area contributed by atoms with E-state index < -0.39 is 0 Å². The lowest BCUT2D eigenvalue weighted by Crippen LogP contribution is -2.22. The minimum Gasteiger partial charge on any atom is -0.452 e. The van der Waals surface area contributed by atoms with Crippen molar-refractivity contribution in [3.63, 3.8) is 0 Å². The highest BCUT2D eigenvalue weighted by Gasteiger charge is 2.25. The quantitative estimate of drug-likeness (QED) is 0.389. The predicted molar refractivity (Wildman–Crippen MR) is 127 cm³/mol. The second-order valence-electron chi connectivity index (χ2n) is 8.48. The molecule has 1 aliphatic carbocycles. The first kappa shape index (κ1) is 19.5. The third-order valence-electron chi connectivity index (χ3n) is 6.58. The molecule has 5 aromatic rings. The van der Waals surface area contributed by atoms with Crippen molar-refractivity contribution in [2.75, 3.05) is 5.73 Å². The highest BCUT2D eigenvalue weighted by Crippen LogP contribution is 2.41. The van der Waals surface area contributed by atoms with Crippen LogP contribution in [0.5, 0.6) is 0 Å². The Morgan fingerprint density at radius 2 is 1.94 bits per heavy atom. The highest BCUT2D eigenvalue weighted by molar-refractivity contribution is 7.17. The molecule has 0 unspecified atom stereocenters. The molecule has 8 heteroatoms. The highest BCUT2D eigenvalue weighted by atomic mass is 32.1. The number of pyridine rings is 2. The number of aliphatic hydroxyl groups excluding tert-OH is 1. The summed E-state index contributed by atoms with van der Waals surface area (Å²) >= 11 is 1.64. The standard InChI is InChI=1S/C24H23N5O2S/c1-13-18(10-28-29(13)14-2-4-15(30)5-3-14)19-9-27-24(25)23-17(19)8-21(31-23)20-12-32-22-11-26-7-6-16(20)22/h6-12,14-15,30H,2-5H2,1H3,(H2,25,27)/t14-,15-. The fraction of sp³-hybridized carbons (Fsp3) is 0.292. The van der Waals surface area contributed by atoms with Crippen LogP contribution < -0.4 is 5.73 Å². The van der Waals surface area contributed by atoms with Crippen LogP contribution in [0.25, 0.3) is 43.5 Å². The predicted octanol–water partition coefficient (Wildman–Crippen LogP) is 5.33. The van der Waals surface area contributed by atoms with Gasteiger partial charge in [0.05, 0.1) is 23.0 Å². The van der Waals surface area contributed by atoms with Crippen LogP contribution in [0.4, 0.5) is 5.82 Å². The van der Waals surface area contributed by atoms with E-state index in [0.29, 0.717) is 17.4 Å². The van der Waals surface area contributed by atoms with Crippen LogP contribution in [0.1, 0.15) is 37.4 Å². The molecule has 0 radical (unpaired) electrons. The molecule has 162 valence electrons. The lowest BCUT2D eigenvalue weighted by Gasteiger charge is -2.26. The lowest BCUT2D eigenvalue weighted by molar-refractivity contribution is 0.107. The molecule has 3 N–H and O–H groups in total. The Hall–Kier alpha value is -3.23. The molecule has 1 saturated carbocycles. The molecule has 0 aliphatic heterocycles. The van der Waals surface area contributed by atoms with E-state index in [1.165, 1.54) is 0 Å². The molecular formula is C24H23N5O2S. The number of nitrogens with zero attached hydrogens (tertiary/aromatic N) is 4. The SMILES string of the molecule is Cc1c(-c2cnc(N)c3oc(-c4csc5cnccc45)cc23)cnn1[C@H]1CC[C@H](O)CC1. The van der Waals surface area contributed by atoms with E-state index in [-0.39, 0.29) is 6.10 Å². The molecule has 1 aliphatic rings. The molecule has 0 spiro atoms. The molecule has 1 fully saturated rings. The first-order chi connectivity index (χ1) is 15.6. The molecule has 7 nitrogen and oxygen atoms in total. The number of nitrogen functional groups attached to an aromatic ring is 1. The number of fused-ring (bicyclic) bond motifs is 2. The van der Waals surface area contributed by atoms with Crippen LogP contribution in [-0.4, -0.2) is 31.0 Å². The molecule has 32 heavy (non-hydrogen) atoms. The van der Waals surface area contributed by atoms with Crippen LogP contribution in [0.2, 0.25) is 0 Å². The van der Waals surface area contributed by atoms with Crippen molar-refractivity contribution in [2.45, 2.75) is 44.8 Å². The summed E-state index contributed by atoms with van der Waals surface area (Å²) in [5.41, 5.74) is 10.9. The largest absolute Gasteiger partial charge is 0.452 e. The zero-order valence-corrected chi connectivity index (χ0v) is 18.5. The number of hydrogen-bond acceptors (Lipinski definition) is 7. The van der Waals surface area contributed by atoms with Gasteiger partial charge in [0.2, 0.25) is 0 Å². The second kappa shape index (κ2) is 7.43. The minimum atomic E-state index is -0.184. The normalized spacial score (nSPS) is 19.2. The van der Waals surface area contributed by atoms with Crippen LogP contribution in [0.15, 0.2) is 46.7 Å². The Morgan fingerprint density at radius 1 is 1.09 bits per heavy atom. The molecule has 0 bridgehead atoms. The first-order valence-corrected chi connectivity index (χ1v) is 11.7. The van der Waals surface area contributed by atoms with Gasteiger partial charge in [0.15, 0.2) is 11.4 Å². The van der Waals surface area contributed by atoms with Crippen molar-refractivity contribution < 1.29 is 9.52 Å². The van der Waals surface area contributed by atoms with Gasteiger partial charge in [0.1, 0.15) is 5.76 Å². The Bertz CT molecular complexity index is 1440. The van der Waals surface area contributed by atoms with Crippen molar-refractivity contribution in [2.24, 2.45) is 0 Å². The summed E-state index contributed by atoms with van der Waals surface area (Å²) in [5.74, 6) is 1.15. The monoisotopic (exact) mass is 445 g/mol. The zero-order valence-electron chi connectivity index (χ0n) is 17.7. The van der Waals surface area contributed by atoms with Crippen LogP contribution in [0, 0.1) is 6.92 Å². The summed E-state index contributed by atoms with van der Waals surface area (Å²) in [6.07, 6.45) is 10.7. The molecule has 6 rings (SSSR count). The van der Waals surface area contributed by atoms with Gasteiger partial charge in [-0.05, 0) is 44.7 Å². The summed E-state index contributed by atoms with van der Waals surface area (Å²) in [6, 6.07) is 4.37. The molecular weight excluding hydrogens is 422 g/mol. The van der Waals surface area contributed by atoms with Gasteiger partial charge in [-0.1, -0.05) is 0 Å². The summed E-state index contributed by atoms with van der Waals surface area (Å²) in [6.45, 7) is 2.09. The van der Waals surface area contributed by atoms with E-state index in [9.17, 15) is 5.11 Å². The van der Waals surface area contributed by atoms with Crippen molar-refractivity contribution in [1.29, 1.82) is 0 Å². The minimum absolute atomic E-state index is 0.184. The maximum atomic E-state index is 9.85. The molecule has 0 aromatic carbocycles. The van der Waals surface area contributed by atoms with Gasteiger partial charge in [-0.3, -0.25) is 9.67 Å². The number of thiophene rings is 1. The van der Waals surface area contributed by atoms with Crippen molar-refractivity contribution in [1.82, 2.24) is 19.7 Å². The third kappa shape index (κ3) is 3.02. The van der Waals surface area contributed by atoms with Gasteiger partial charge in [-0.15, -0.1) is 11.3 Å². The van der Waals surface area contributed by atoms with Gasteiger partial charge in [0.25, 0.3) is 0 Å². The Morgan fingerprint density at radius 3 is 2.78 bits per heavy atom. The van der Waals surface area contributed by atoms with Gasteiger partial charge >= 0.3 is 0 Å². The first-order valence-electron chi connectivity index (χ1n) is 10.8. The number of aromatic nitrogens is 4. The Balaban J connectivity index is 1.46. The van der Waals surface area contributed by atoms with Crippen LogP contribution in [0.3, 0.4) is 0 Å². The van der Waals surface area contributed by atoms with Crippen molar-refractivity contribution >= 4 is 38.2 Å². The number of aliphatic hydroxyl groups is 1. The molecule has 5 aromatic heterocycles. The van der Waals surface area contributed by atoms with E-state index in [0.717, 1.165) is 69.3 Å². The van der Waals surface area contributed by atoms with E-state index in [4.69, 9.17) is 15.2 Å². The fourth-order valence-corrected chi connectivity index (χ4v) is 5.74. The van der Waals surface area contributed by atoms with Crippen LogP contribution >= 0.6 is 11.3 Å². The maximum absolute atomic E-state index is 9.85. The van der Waals surface area contributed by atoms with Gasteiger partial charge in [-0.2, -0.15) is 5.10 Å². The van der Waals surface area contributed by atoms with Gasteiger partial charge in [-0.25, -0.2) is 4.98 Å². The molecule has 5 heterocycles. The number of nitrogens with two attached hydrogens (primary N) is 1. The molecule has 0 amide bonds. The summed E-state index contributed by atoms with van der Waals surface area (Å²) in [4.78, 5) is 8.63. The fourth-order valence-electron chi connectivity index (χ4n) is 4.82. The number of furan rings is 1. The van der Waals surface area contributed by atoms with Crippen LogP contribution in [-0.2, 0) is 0 Å². The summed E-state index contributed by atoms with van der Waals surface area (Å²) < 4.78 is 9.45. The topological polar surface area (TPSA) is 103 Å². The third-order valence-corrected chi connectivity index (χ3v) is 7.51. The average Bonchev–Trinajstić information content (AvgIpc) is 3.52. The van der Waals surface area contributed by atoms with Gasteiger partial charge in [0, 0.05) is 57.1 Å². The number of anilines is 1. The molecule has 0 saturated heterocycles. The van der Waals surface area contributed by atoms with E-state index in [2.05, 4.69) is 33.0 Å². The number of hydrogen-bond donors (Lipinski definition) is 2. The summed E-state index contributed by atoms with van der Waals surface area (Å²) in [7, 11) is 0. The maximum Gasteiger partial charge on any atom is 0.177 e. The van der Waals surface area contributed by atoms with Gasteiger partial charge < -0.3 is 15.3 Å². The van der Waals surface area contributed by atoms with Crippen molar-refractivity contribution in [3.05, 3.63) is 48.0 Å². The van der Waals surface area contributed by atoms with E-state index in [1.54, 1.807) is 17.5 Å². The lowest BCUT2D eigenvalue weighted by atomic mass is 9.93. The molecule has 0 atom stereocenters.